The molecule has 22 heavy (non-hydrogen) atoms. The summed E-state index contributed by atoms with van der Waals surface area (Å²) < 4.78 is 4.98. The molecule has 0 spiro atoms. The van der Waals surface area contributed by atoms with Gasteiger partial charge in [-0.2, -0.15) is 5.26 Å². The highest BCUT2D eigenvalue weighted by atomic mass is 32.2. The first kappa shape index (κ1) is 16.5. The molecule has 7 nitrogen and oxygen atoms in total. The number of amides is 1. The fourth-order valence-electron chi connectivity index (χ4n) is 2.73. The van der Waals surface area contributed by atoms with Gasteiger partial charge in [0.25, 0.3) is 0 Å². The van der Waals surface area contributed by atoms with Crippen LogP contribution in [0.3, 0.4) is 0 Å². The number of nitrogens with zero attached hydrogens (tertiary/aromatic N) is 2. The molecule has 0 aliphatic carbocycles. The molecule has 2 aliphatic rings. The number of hydrogen-bond donors (Lipinski definition) is 1. The minimum Gasteiger partial charge on any atom is -0.456 e. The van der Waals surface area contributed by atoms with Gasteiger partial charge in [-0.15, -0.1) is 11.8 Å². The van der Waals surface area contributed by atoms with Gasteiger partial charge in [0.2, 0.25) is 5.91 Å². The lowest BCUT2D eigenvalue weighted by atomic mass is 10.0. The van der Waals surface area contributed by atoms with Gasteiger partial charge in [-0.05, 0) is 20.3 Å². The van der Waals surface area contributed by atoms with Gasteiger partial charge < -0.3 is 15.0 Å². The van der Waals surface area contributed by atoms with Crippen LogP contribution in [0.2, 0.25) is 0 Å². The third kappa shape index (κ3) is 2.86. The maximum atomic E-state index is 12.1. The highest BCUT2D eigenvalue weighted by Crippen LogP contribution is 2.47. The summed E-state index contributed by atoms with van der Waals surface area (Å²) in [6.45, 7) is 2.73. The lowest BCUT2D eigenvalue weighted by molar-refractivity contribution is -0.156. The van der Waals surface area contributed by atoms with Crippen LogP contribution in [-0.2, 0) is 19.1 Å². The predicted octanol–water partition coefficient (Wildman–Crippen LogP) is 0.732. The monoisotopic (exact) mass is 323 g/mol. The van der Waals surface area contributed by atoms with Crippen molar-refractivity contribution < 1.29 is 19.1 Å². The summed E-state index contributed by atoms with van der Waals surface area (Å²) in [5.41, 5.74) is -0.0812. The molecule has 2 heterocycles. The van der Waals surface area contributed by atoms with Crippen molar-refractivity contribution in [2.24, 2.45) is 5.92 Å². The Balaban J connectivity index is 1.96. The smallest absolute Gasteiger partial charge is 0.330 e. The quantitative estimate of drug-likeness (QED) is 0.590. The average molecular weight is 323 g/mol. The van der Waals surface area contributed by atoms with Crippen LogP contribution in [0.4, 0.5) is 0 Å². The van der Waals surface area contributed by atoms with E-state index in [1.54, 1.807) is 11.0 Å². The first-order valence-corrected chi connectivity index (χ1v) is 7.89. The molecule has 8 heteroatoms. The topological polar surface area (TPSA) is 111 Å². The van der Waals surface area contributed by atoms with E-state index in [9.17, 15) is 14.4 Å². The van der Waals surface area contributed by atoms with Crippen molar-refractivity contribution in [1.82, 2.24) is 4.90 Å². The standard InChI is InChI=1S/C14H17N3O4S/c1-8(16)9(5-15)11(18)6-21-13(20)10-7-22-14(2)4-3-12(19)17(10)14/h9-10,16H,3-4,6-7H2,1-2H3/t9?,10-,14-/m0/s1. The van der Waals surface area contributed by atoms with Gasteiger partial charge in [-0.3, -0.25) is 9.59 Å². The molecule has 2 aliphatic heterocycles. The van der Waals surface area contributed by atoms with Gasteiger partial charge in [-0.25, -0.2) is 4.79 Å². The number of thioether (sulfide) groups is 1. The van der Waals surface area contributed by atoms with Gasteiger partial charge in [0.1, 0.15) is 12.0 Å². The normalized spacial score (nSPS) is 28.0. The van der Waals surface area contributed by atoms with Gasteiger partial charge >= 0.3 is 5.97 Å². The maximum Gasteiger partial charge on any atom is 0.330 e. The second-order valence-electron chi connectivity index (χ2n) is 5.58. The summed E-state index contributed by atoms with van der Waals surface area (Å²) in [7, 11) is 0. The molecule has 0 radical (unpaired) electrons. The van der Waals surface area contributed by atoms with Crippen LogP contribution < -0.4 is 0 Å². The van der Waals surface area contributed by atoms with Gasteiger partial charge in [0.05, 0.1) is 10.9 Å². The third-order valence-corrected chi connectivity index (χ3v) is 5.46. The molecular weight excluding hydrogens is 306 g/mol. The number of ether oxygens (including phenoxy) is 1. The number of fused-ring (bicyclic) bond motifs is 1. The van der Waals surface area contributed by atoms with Crippen molar-refractivity contribution >= 4 is 35.1 Å². The Labute approximate surface area is 132 Å². The van der Waals surface area contributed by atoms with E-state index in [4.69, 9.17) is 15.4 Å². The van der Waals surface area contributed by atoms with E-state index in [0.717, 1.165) is 0 Å². The summed E-state index contributed by atoms with van der Waals surface area (Å²) >= 11 is 1.54. The third-order valence-electron chi connectivity index (χ3n) is 3.96. The molecule has 1 amide bonds. The second-order valence-corrected chi connectivity index (χ2v) is 7.09. The van der Waals surface area contributed by atoms with Gasteiger partial charge in [0, 0.05) is 17.9 Å². The zero-order valence-electron chi connectivity index (χ0n) is 12.4. The van der Waals surface area contributed by atoms with Crippen LogP contribution >= 0.6 is 11.8 Å². The van der Waals surface area contributed by atoms with Crippen LogP contribution in [0.25, 0.3) is 0 Å². The SMILES string of the molecule is CC(=N)C(C#N)C(=O)COC(=O)[C@@H]1CS[C@@]2(C)CCC(=O)N12. The number of rotatable bonds is 5. The van der Waals surface area contributed by atoms with Crippen molar-refractivity contribution in [3.63, 3.8) is 0 Å². The number of nitriles is 1. The fraction of sp³-hybridized carbons (Fsp3) is 0.643. The van der Waals surface area contributed by atoms with Crippen LogP contribution in [0.15, 0.2) is 0 Å². The second kappa shape index (κ2) is 6.08. The Kier molecular flexibility index (Phi) is 4.56. The van der Waals surface area contributed by atoms with Crippen molar-refractivity contribution in [3.8, 4) is 6.07 Å². The Morgan fingerprint density at radius 1 is 1.64 bits per heavy atom. The van der Waals surface area contributed by atoms with Crippen molar-refractivity contribution in [3.05, 3.63) is 0 Å². The van der Waals surface area contributed by atoms with E-state index in [-0.39, 0.29) is 16.5 Å². The number of hydrogen-bond acceptors (Lipinski definition) is 7. The first-order chi connectivity index (χ1) is 10.3. The van der Waals surface area contributed by atoms with E-state index >= 15 is 0 Å². The molecule has 0 aromatic carbocycles. The van der Waals surface area contributed by atoms with E-state index in [2.05, 4.69) is 0 Å². The van der Waals surface area contributed by atoms with Crippen molar-refractivity contribution in [2.75, 3.05) is 12.4 Å². The van der Waals surface area contributed by atoms with Gasteiger partial charge in [-0.1, -0.05) is 0 Å². The molecule has 2 fully saturated rings. The molecule has 0 aromatic rings. The Hall–Kier alpha value is -1.88. The number of ketones is 1. The van der Waals surface area contributed by atoms with E-state index in [0.29, 0.717) is 18.6 Å². The molecule has 0 saturated carbocycles. The Morgan fingerprint density at radius 2 is 2.32 bits per heavy atom. The fourth-order valence-corrected chi connectivity index (χ4v) is 4.14. The minimum absolute atomic E-state index is 0.0778. The van der Waals surface area contributed by atoms with Crippen LogP contribution in [0.5, 0.6) is 0 Å². The zero-order valence-corrected chi connectivity index (χ0v) is 13.2. The first-order valence-electron chi connectivity index (χ1n) is 6.90. The van der Waals surface area contributed by atoms with E-state index in [1.165, 1.54) is 18.7 Å². The van der Waals surface area contributed by atoms with Crippen LogP contribution in [-0.4, -0.2) is 51.5 Å². The number of Topliss-reactive ketones (excluding diaryl/α,β-unsaturated/α-hetero) is 1. The Bertz CT molecular complexity index is 585. The molecule has 0 aromatic heterocycles. The number of carbonyl (C=O) groups excluding carboxylic acids is 3. The summed E-state index contributed by atoms with van der Waals surface area (Å²) in [5, 5.41) is 16.2. The average Bonchev–Trinajstić information content (AvgIpc) is 2.94. The van der Waals surface area contributed by atoms with Crippen LogP contribution in [0, 0.1) is 22.7 Å². The largest absolute Gasteiger partial charge is 0.456 e. The predicted molar refractivity (Wildman–Crippen MR) is 79.2 cm³/mol. The summed E-state index contributed by atoms with van der Waals surface area (Å²) in [6.07, 6.45) is 1.11. The molecule has 0 bridgehead atoms. The Morgan fingerprint density at radius 3 is 2.91 bits per heavy atom. The summed E-state index contributed by atoms with van der Waals surface area (Å²) in [4.78, 5) is 37.0. The van der Waals surface area contributed by atoms with E-state index < -0.39 is 30.3 Å². The van der Waals surface area contributed by atoms with E-state index in [1.807, 2.05) is 6.92 Å². The lowest BCUT2D eigenvalue weighted by Crippen LogP contribution is -2.47. The minimum atomic E-state index is -1.19. The molecule has 3 atom stereocenters. The molecule has 1 unspecified atom stereocenters. The number of carbonyl (C=O) groups is 3. The number of esters is 1. The zero-order chi connectivity index (χ0) is 16.5. The highest BCUT2D eigenvalue weighted by Gasteiger charge is 2.53. The summed E-state index contributed by atoms with van der Waals surface area (Å²) in [6, 6.07) is 1.03. The van der Waals surface area contributed by atoms with Crippen LogP contribution in [0.1, 0.15) is 26.7 Å². The van der Waals surface area contributed by atoms with Crippen molar-refractivity contribution in [1.29, 1.82) is 10.7 Å². The lowest BCUT2D eigenvalue weighted by Gasteiger charge is -2.29. The van der Waals surface area contributed by atoms with Gasteiger partial charge in [0.15, 0.2) is 12.4 Å². The molecular formula is C14H17N3O4S. The maximum absolute atomic E-state index is 12.1. The van der Waals surface area contributed by atoms with Crippen molar-refractivity contribution in [2.45, 2.75) is 37.6 Å². The highest BCUT2D eigenvalue weighted by molar-refractivity contribution is 8.01. The summed E-state index contributed by atoms with van der Waals surface area (Å²) in [5.74, 6) is -2.07. The number of nitrogens with one attached hydrogen (secondary N) is 1. The molecule has 1 N–H and O–H groups in total. The molecule has 118 valence electrons. The molecule has 2 saturated heterocycles. The molecule has 2 rings (SSSR count).